The third-order valence-electron chi connectivity index (χ3n) is 6.84. The van der Waals surface area contributed by atoms with Crippen LogP contribution in [0.25, 0.3) is 16.7 Å². The Morgan fingerprint density at radius 2 is 1.98 bits per heavy atom. The summed E-state index contributed by atoms with van der Waals surface area (Å²) >= 11 is 6.38. The number of aromatic nitrogens is 6. The molecule has 42 heavy (non-hydrogen) atoms. The number of methoxy groups -OCH3 is 1. The predicted molar refractivity (Wildman–Crippen MR) is 155 cm³/mol. The molecule has 1 aromatic carbocycles. The van der Waals surface area contributed by atoms with E-state index in [9.17, 15) is 4.79 Å². The molecule has 214 valence electrons. The SMILES string of the molecule is C=CC(=O)N1CCCN(c2nc3c(Nc4ccc(Oc5ccn6ncnc6c5)c(Cl)c4F)ncnc3cc2OC)CC1. The molecule has 4 aromatic heterocycles. The van der Waals surface area contributed by atoms with Crippen molar-refractivity contribution in [1.82, 2.24) is 34.4 Å². The lowest BCUT2D eigenvalue weighted by molar-refractivity contribution is -0.125. The van der Waals surface area contributed by atoms with Gasteiger partial charge in [0.05, 0.1) is 18.3 Å². The van der Waals surface area contributed by atoms with Gasteiger partial charge in [0.15, 0.2) is 28.8 Å². The Kier molecular flexibility index (Phi) is 7.40. The number of hydrogen-bond donors (Lipinski definition) is 1. The highest BCUT2D eigenvalue weighted by atomic mass is 35.5. The molecular formula is C28H25ClFN9O3. The number of rotatable bonds is 7. The van der Waals surface area contributed by atoms with E-state index in [4.69, 9.17) is 26.1 Å². The largest absolute Gasteiger partial charge is 0.493 e. The number of amides is 1. The van der Waals surface area contributed by atoms with E-state index < -0.39 is 5.82 Å². The van der Waals surface area contributed by atoms with Crippen LogP contribution in [-0.4, -0.2) is 73.6 Å². The van der Waals surface area contributed by atoms with Crippen LogP contribution >= 0.6 is 11.6 Å². The highest BCUT2D eigenvalue weighted by molar-refractivity contribution is 6.32. The third kappa shape index (κ3) is 5.21. The lowest BCUT2D eigenvalue weighted by atomic mass is 10.2. The van der Waals surface area contributed by atoms with Crippen LogP contribution in [0.2, 0.25) is 5.02 Å². The van der Waals surface area contributed by atoms with Gasteiger partial charge in [-0.05, 0) is 30.7 Å². The smallest absolute Gasteiger partial charge is 0.246 e. The zero-order valence-electron chi connectivity index (χ0n) is 22.5. The normalized spacial score (nSPS) is 13.7. The van der Waals surface area contributed by atoms with E-state index in [-0.39, 0.29) is 28.2 Å². The van der Waals surface area contributed by atoms with Crippen molar-refractivity contribution < 1.29 is 18.7 Å². The van der Waals surface area contributed by atoms with Crippen molar-refractivity contribution in [3.8, 4) is 17.2 Å². The number of fused-ring (bicyclic) bond motifs is 2. The molecule has 1 N–H and O–H groups in total. The highest BCUT2D eigenvalue weighted by Crippen LogP contribution is 2.37. The average Bonchev–Trinajstić information content (AvgIpc) is 3.34. The highest BCUT2D eigenvalue weighted by Gasteiger charge is 2.23. The molecule has 1 aliphatic heterocycles. The summed E-state index contributed by atoms with van der Waals surface area (Å²) in [6.07, 6.45) is 6.51. The van der Waals surface area contributed by atoms with E-state index >= 15 is 4.39 Å². The van der Waals surface area contributed by atoms with Gasteiger partial charge in [0, 0.05) is 44.5 Å². The summed E-state index contributed by atoms with van der Waals surface area (Å²) in [5.74, 6) is 1.10. The quantitative estimate of drug-likeness (QED) is 0.269. The zero-order valence-corrected chi connectivity index (χ0v) is 23.3. The summed E-state index contributed by atoms with van der Waals surface area (Å²) < 4.78 is 28.5. The standard InChI is InChI=1S/C28H25ClFN9O3/c1-3-23(40)37-8-4-9-38(12-11-37)28-21(41-2)14-19-26(36-28)27(33-15-31-19)35-18-5-6-20(24(29)25(18)30)42-17-7-10-39-22(13-17)32-16-34-39/h3,5-7,10,13-16H,1,4,8-9,11-12H2,2H3,(H,31,33,35). The van der Waals surface area contributed by atoms with Crippen molar-refractivity contribution >= 4 is 51.5 Å². The van der Waals surface area contributed by atoms with E-state index in [2.05, 4.69) is 31.9 Å². The van der Waals surface area contributed by atoms with Crippen molar-refractivity contribution in [3.63, 3.8) is 0 Å². The molecule has 0 aliphatic carbocycles. The molecule has 0 atom stereocenters. The van der Waals surface area contributed by atoms with E-state index in [0.29, 0.717) is 60.2 Å². The van der Waals surface area contributed by atoms with Gasteiger partial charge >= 0.3 is 0 Å². The molecule has 1 saturated heterocycles. The maximum atomic E-state index is 15.5. The maximum absolute atomic E-state index is 15.5. The fourth-order valence-electron chi connectivity index (χ4n) is 4.73. The van der Waals surface area contributed by atoms with Crippen molar-refractivity contribution in [2.24, 2.45) is 0 Å². The molecule has 14 heteroatoms. The average molecular weight is 590 g/mol. The summed E-state index contributed by atoms with van der Waals surface area (Å²) in [5, 5.41) is 6.84. The molecule has 1 fully saturated rings. The van der Waals surface area contributed by atoms with E-state index in [1.165, 1.54) is 24.8 Å². The number of benzene rings is 1. The van der Waals surface area contributed by atoms with Gasteiger partial charge in [0.1, 0.15) is 34.7 Å². The van der Waals surface area contributed by atoms with Crippen molar-refractivity contribution in [2.75, 3.05) is 43.5 Å². The van der Waals surface area contributed by atoms with Crippen LogP contribution in [0.3, 0.4) is 0 Å². The molecule has 0 bridgehead atoms. The van der Waals surface area contributed by atoms with Crippen LogP contribution in [-0.2, 0) is 4.79 Å². The van der Waals surface area contributed by atoms with E-state index in [0.717, 1.165) is 6.42 Å². The number of halogens is 2. The molecule has 6 rings (SSSR count). The van der Waals surface area contributed by atoms with Gasteiger partial charge in [-0.15, -0.1) is 0 Å². The molecule has 12 nitrogen and oxygen atoms in total. The van der Waals surface area contributed by atoms with Crippen molar-refractivity contribution in [3.05, 3.63) is 72.7 Å². The zero-order chi connectivity index (χ0) is 29.2. The summed E-state index contributed by atoms with van der Waals surface area (Å²) in [4.78, 5) is 33.6. The van der Waals surface area contributed by atoms with Gasteiger partial charge in [-0.3, -0.25) is 4.79 Å². The van der Waals surface area contributed by atoms with Gasteiger partial charge in [-0.25, -0.2) is 28.8 Å². The minimum atomic E-state index is -0.724. The Hall–Kier alpha value is -5.04. The number of hydrogen-bond acceptors (Lipinski definition) is 10. The van der Waals surface area contributed by atoms with Crippen LogP contribution in [0.4, 0.5) is 21.7 Å². The molecule has 0 unspecified atom stereocenters. The maximum Gasteiger partial charge on any atom is 0.246 e. The van der Waals surface area contributed by atoms with Crippen LogP contribution in [0.1, 0.15) is 6.42 Å². The Bertz CT molecular complexity index is 1820. The minimum Gasteiger partial charge on any atom is -0.493 e. The van der Waals surface area contributed by atoms with Gasteiger partial charge in [-0.2, -0.15) is 5.10 Å². The molecule has 0 radical (unpaired) electrons. The molecule has 1 amide bonds. The number of nitrogens with one attached hydrogen (secondary N) is 1. The molecule has 0 saturated carbocycles. The monoisotopic (exact) mass is 589 g/mol. The molecule has 1 aliphatic rings. The first kappa shape index (κ1) is 27.1. The van der Waals surface area contributed by atoms with Gasteiger partial charge in [-0.1, -0.05) is 18.2 Å². The lowest BCUT2D eigenvalue weighted by Crippen LogP contribution is -2.34. The molecule has 5 aromatic rings. The summed E-state index contributed by atoms with van der Waals surface area (Å²) in [5.41, 5.74) is 1.56. The number of pyridine rings is 2. The number of ether oxygens (including phenoxy) is 2. The molecule has 0 spiro atoms. The first-order chi connectivity index (χ1) is 20.4. The fourth-order valence-corrected chi connectivity index (χ4v) is 4.93. The second kappa shape index (κ2) is 11.4. The Morgan fingerprint density at radius 1 is 1.10 bits per heavy atom. The van der Waals surface area contributed by atoms with Crippen molar-refractivity contribution in [1.29, 1.82) is 0 Å². The van der Waals surface area contributed by atoms with Crippen molar-refractivity contribution in [2.45, 2.75) is 6.42 Å². The number of anilines is 3. The topological polar surface area (TPSA) is 123 Å². The summed E-state index contributed by atoms with van der Waals surface area (Å²) in [6.45, 7) is 5.91. The predicted octanol–water partition coefficient (Wildman–Crippen LogP) is 4.63. The summed E-state index contributed by atoms with van der Waals surface area (Å²) in [6, 6.07) is 8.16. The molecule has 5 heterocycles. The second-order valence-electron chi connectivity index (χ2n) is 9.37. The van der Waals surface area contributed by atoms with Gasteiger partial charge in [0.25, 0.3) is 0 Å². The van der Waals surface area contributed by atoms with E-state index in [1.807, 2.05) is 4.90 Å². The van der Waals surface area contributed by atoms with Crippen LogP contribution in [0, 0.1) is 5.82 Å². The van der Waals surface area contributed by atoms with Crippen LogP contribution in [0.5, 0.6) is 17.2 Å². The third-order valence-corrected chi connectivity index (χ3v) is 7.19. The summed E-state index contributed by atoms with van der Waals surface area (Å²) in [7, 11) is 1.56. The first-order valence-electron chi connectivity index (χ1n) is 13.0. The first-order valence-corrected chi connectivity index (χ1v) is 13.4. The number of carbonyl (C=O) groups is 1. The van der Waals surface area contributed by atoms with Crippen LogP contribution in [0.15, 0.2) is 61.8 Å². The Labute approximate surface area is 244 Å². The lowest BCUT2D eigenvalue weighted by Gasteiger charge is -2.24. The molecular weight excluding hydrogens is 565 g/mol. The Morgan fingerprint density at radius 3 is 2.81 bits per heavy atom. The fraction of sp³-hybridized carbons (Fsp3) is 0.214. The van der Waals surface area contributed by atoms with Gasteiger partial charge < -0.3 is 24.6 Å². The minimum absolute atomic E-state index is 0.0766. The van der Waals surface area contributed by atoms with E-state index in [1.54, 1.807) is 47.0 Å². The second-order valence-corrected chi connectivity index (χ2v) is 9.74. The Balaban J connectivity index is 1.29. The van der Waals surface area contributed by atoms with Gasteiger partial charge in [0.2, 0.25) is 5.91 Å². The number of carbonyl (C=O) groups excluding carboxylic acids is 1. The number of nitrogens with zero attached hydrogens (tertiary/aromatic N) is 8. The van der Waals surface area contributed by atoms with Crippen LogP contribution < -0.4 is 19.7 Å².